The number of hydrogen-bond donors (Lipinski definition) is 0. The van der Waals surface area contributed by atoms with E-state index >= 15 is 0 Å². The van der Waals surface area contributed by atoms with E-state index in [0.29, 0.717) is 6.04 Å². The number of nitrogens with zero attached hydrogens (tertiary/aromatic N) is 3. The average Bonchev–Trinajstić information content (AvgIpc) is 3.21. The monoisotopic (exact) mass is 465 g/mol. The van der Waals surface area contributed by atoms with E-state index in [9.17, 15) is 0 Å². The van der Waals surface area contributed by atoms with Gasteiger partial charge in [0.2, 0.25) is 0 Å². The summed E-state index contributed by atoms with van der Waals surface area (Å²) in [6.45, 7) is 2.26. The molecule has 0 amide bonds. The molecule has 4 nitrogen and oxygen atoms in total. The van der Waals surface area contributed by atoms with Crippen LogP contribution in [0.1, 0.15) is 36.7 Å². The minimum absolute atomic E-state index is 0.0437. The molecule has 0 aliphatic carbocycles. The number of ether oxygens (including phenoxy) is 1. The van der Waals surface area contributed by atoms with Crippen LogP contribution >= 0.6 is 34.4 Å². The number of pyridine rings is 1. The first-order valence-corrected chi connectivity index (χ1v) is 10.5. The smallest absolute Gasteiger partial charge is 0.160 e. The van der Waals surface area contributed by atoms with Gasteiger partial charge in [-0.05, 0) is 58.8 Å². The lowest BCUT2D eigenvalue weighted by Crippen LogP contribution is -2.35. The first-order chi connectivity index (χ1) is 12.2. The van der Waals surface area contributed by atoms with Crippen molar-refractivity contribution in [1.82, 2.24) is 9.88 Å². The number of thioether (sulfide) groups is 1. The number of benzene rings is 1. The molecule has 1 aromatic carbocycles. The summed E-state index contributed by atoms with van der Waals surface area (Å²) in [7, 11) is 1.72. The maximum absolute atomic E-state index is 5.44. The second-order valence-electron chi connectivity index (χ2n) is 6.23. The van der Waals surface area contributed by atoms with Crippen molar-refractivity contribution in [3.8, 4) is 5.75 Å². The van der Waals surface area contributed by atoms with Gasteiger partial charge in [-0.15, -0.1) is 0 Å². The zero-order valence-corrected chi connectivity index (χ0v) is 17.2. The van der Waals surface area contributed by atoms with Crippen molar-refractivity contribution in [3.05, 3.63) is 57.4 Å². The minimum atomic E-state index is 0.0437. The van der Waals surface area contributed by atoms with Crippen LogP contribution in [0.15, 0.2) is 47.6 Å². The van der Waals surface area contributed by atoms with Crippen molar-refractivity contribution in [2.24, 2.45) is 4.99 Å². The van der Waals surface area contributed by atoms with Gasteiger partial charge in [-0.25, -0.2) is 0 Å². The molecule has 0 bridgehead atoms. The summed E-state index contributed by atoms with van der Waals surface area (Å²) >= 11 is 4.22. The Morgan fingerprint density at radius 3 is 2.88 bits per heavy atom. The molecule has 3 atom stereocenters. The van der Waals surface area contributed by atoms with E-state index in [1.165, 1.54) is 10.7 Å². The standard InChI is InChI=1S/C19H20IN3OS/c1-3-13-11-25-19-22-17(15-6-4-5-9-21-15)18(23(13)19)12-7-8-16(24-2)14(20)10-12/h4-10,13,17-18H,3,11H2,1-2H3/t13-,17+,18+/m1/s1. The summed E-state index contributed by atoms with van der Waals surface area (Å²) in [4.78, 5) is 12.2. The van der Waals surface area contributed by atoms with Crippen LogP contribution in [0.2, 0.25) is 0 Å². The molecular weight excluding hydrogens is 445 g/mol. The Hall–Kier alpha value is -1.28. The van der Waals surface area contributed by atoms with Gasteiger partial charge >= 0.3 is 0 Å². The van der Waals surface area contributed by atoms with E-state index in [-0.39, 0.29) is 12.1 Å². The topological polar surface area (TPSA) is 37.7 Å². The van der Waals surface area contributed by atoms with Gasteiger partial charge in [-0.1, -0.05) is 30.8 Å². The maximum Gasteiger partial charge on any atom is 0.160 e. The van der Waals surface area contributed by atoms with E-state index in [4.69, 9.17) is 9.73 Å². The van der Waals surface area contributed by atoms with Crippen LogP contribution < -0.4 is 4.74 Å². The van der Waals surface area contributed by atoms with Gasteiger partial charge in [-0.3, -0.25) is 9.98 Å². The van der Waals surface area contributed by atoms with Crippen molar-refractivity contribution in [1.29, 1.82) is 0 Å². The summed E-state index contributed by atoms with van der Waals surface area (Å²) in [6.07, 6.45) is 2.99. The molecule has 0 saturated carbocycles. The Morgan fingerprint density at radius 2 is 2.20 bits per heavy atom. The van der Waals surface area contributed by atoms with Gasteiger partial charge in [0.1, 0.15) is 11.8 Å². The molecule has 3 heterocycles. The highest BCUT2D eigenvalue weighted by molar-refractivity contribution is 14.1. The Balaban J connectivity index is 1.79. The van der Waals surface area contributed by atoms with Gasteiger partial charge in [0.25, 0.3) is 0 Å². The van der Waals surface area contributed by atoms with Crippen LogP contribution in [0.25, 0.3) is 0 Å². The van der Waals surface area contributed by atoms with Crippen molar-refractivity contribution in [2.75, 3.05) is 12.9 Å². The molecule has 0 radical (unpaired) electrons. The molecule has 1 saturated heterocycles. The molecule has 1 fully saturated rings. The molecule has 130 valence electrons. The zero-order valence-electron chi connectivity index (χ0n) is 14.2. The normalized spacial score (nSPS) is 25.0. The Kier molecular flexibility index (Phi) is 4.90. The quantitative estimate of drug-likeness (QED) is 0.615. The van der Waals surface area contributed by atoms with Crippen molar-refractivity contribution < 1.29 is 4.74 Å². The first-order valence-electron chi connectivity index (χ1n) is 8.46. The third kappa shape index (κ3) is 3.03. The SMILES string of the molecule is CC[C@@H]1CSC2=N[C@@H](c3ccccn3)[C@H](c3ccc(OC)c(I)c3)N21. The highest BCUT2D eigenvalue weighted by Crippen LogP contribution is 2.48. The Morgan fingerprint density at radius 1 is 1.32 bits per heavy atom. The number of rotatable bonds is 4. The second kappa shape index (κ2) is 7.15. The molecule has 0 unspecified atom stereocenters. The lowest BCUT2D eigenvalue weighted by molar-refractivity contribution is 0.255. The highest BCUT2D eigenvalue weighted by atomic mass is 127. The van der Waals surface area contributed by atoms with Crippen LogP contribution in [0, 0.1) is 3.57 Å². The molecule has 2 aromatic rings. The average molecular weight is 465 g/mol. The van der Waals surface area contributed by atoms with Crippen molar-refractivity contribution >= 4 is 39.5 Å². The molecule has 4 rings (SSSR count). The van der Waals surface area contributed by atoms with Crippen molar-refractivity contribution in [3.63, 3.8) is 0 Å². The number of aliphatic imine (C=N–C) groups is 1. The summed E-state index contributed by atoms with van der Waals surface area (Å²) in [5, 5.41) is 1.17. The second-order valence-corrected chi connectivity index (χ2v) is 8.38. The molecule has 6 heteroatoms. The molecule has 1 aromatic heterocycles. The van der Waals surface area contributed by atoms with E-state index in [1.54, 1.807) is 7.11 Å². The van der Waals surface area contributed by atoms with Crippen LogP contribution in [0.4, 0.5) is 0 Å². The predicted molar refractivity (Wildman–Crippen MR) is 111 cm³/mol. The predicted octanol–water partition coefficient (Wildman–Crippen LogP) is 4.67. The Bertz CT molecular complexity index is 799. The number of hydrogen-bond acceptors (Lipinski definition) is 5. The fourth-order valence-corrected chi connectivity index (χ4v) is 5.67. The minimum Gasteiger partial charge on any atom is -0.496 e. The number of aromatic nitrogens is 1. The largest absolute Gasteiger partial charge is 0.496 e. The third-order valence-corrected chi connectivity index (χ3v) is 6.82. The van der Waals surface area contributed by atoms with Gasteiger partial charge in [-0.2, -0.15) is 0 Å². The van der Waals surface area contributed by atoms with Crippen LogP contribution in [0.5, 0.6) is 5.75 Å². The lowest BCUT2D eigenvalue weighted by atomic mass is 9.95. The summed E-state index contributed by atoms with van der Waals surface area (Å²) in [6, 6.07) is 13.3. The van der Waals surface area contributed by atoms with Crippen LogP contribution in [-0.2, 0) is 0 Å². The zero-order chi connectivity index (χ0) is 17.4. The molecule has 2 aliphatic heterocycles. The van der Waals surface area contributed by atoms with Crippen molar-refractivity contribution in [2.45, 2.75) is 31.5 Å². The van der Waals surface area contributed by atoms with E-state index in [1.807, 2.05) is 30.1 Å². The number of amidine groups is 1. The van der Waals surface area contributed by atoms with Gasteiger partial charge in [0.15, 0.2) is 5.17 Å². The van der Waals surface area contributed by atoms with E-state index < -0.39 is 0 Å². The first kappa shape index (κ1) is 17.1. The van der Waals surface area contributed by atoms with Gasteiger partial charge < -0.3 is 9.64 Å². The number of halogens is 1. The maximum atomic E-state index is 5.44. The molecular formula is C19H20IN3OS. The number of methoxy groups -OCH3 is 1. The van der Waals surface area contributed by atoms with E-state index in [0.717, 1.165) is 27.2 Å². The van der Waals surface area contributed by atoms with E-state index in [2.05, 4.69) is 63.7 Å². The molecule has 0 spiro atoms. The molecule has 25 heavy (non-hydrogen) atoms. The van der Waals surface area contributed by atoms with Crippen LogP contribution in [0.3, 0.4) is 0 Å². The lowest BCUT2D eigenvalue weighted by Gasteiger charge is -2.32. The fraction of sp³-hybridized carbons (Fsp3) is 0.368. The molecule has 2 aliphatic rings. The summed E-state index contributed by atoms with van der Waals surface area (Å²) in [5.74, 6) is 2.04. The number of fused-ring (bicyclic) bond motifs is 1. The highest BCUT2D eigenvalue weighted by Gasteiger charge is 2.45. The third-order valence-electron chi connectivity index (χ3n) is 4.85. The molecule has 0 N–H and O–H groups in total. The summed E-state index contributed by atoms with van der Waals surface area (Å²) in [5.41, 5.74) is 2.32. The Labute approximate surface area is 166 Å². The van der Waals surface area contributed by atoms with Crippen LogP contribution in [-0.4, -0.2) is 34.0 Å². The van der Waals surface area contributed by atoms with Gasteiger partial charge in [0.05, 0.1) is 22.4 Å². The summed E-state index contributed by atoms with van der Waals surface area (Å²) < 4.78 is 6.57. The van der Waals surface area contributed by atoms with Gasteiger partial charge in [0, 0.05) is 18.0 Å². The fourth-order valence-electron chi connectivity index (χ4n) is 3.58.